The molecule has 0 fully saturated rings. The Morgan fingerprint density at radius 2 is 1.65 bits per heavy atom. The number of carbonyl (C=O) groups is 4. The van der Waals surface area contributed by atoms with Crippen LogP contribution in [0.3, 0.4) is 0 Å². The SMILES string of the molecule is C=CC(=O)N(CC(=O)OC(=O)CCCCC(=O)O)CC(C)(C)C. The van der Waals surface area contributed by atoms with E-state index in [1.807, 2.05) is 20.8 Å². The summed E-state index contributed by atoms with van der Waals surface area (Å²) in [4.78, 5) is 46.6. The van der Waals surface area contributed by atoms with Crippen molar-refractivity contribution in [1.82, 2.24) is 4.90 Å². The van der Waals surface area contributed by atoms with Crippen LogP contribution in [0.2, 0.25) is 0 Å². The maximum Gasteiger partial charge on any atom is 0.333 e. The number of rotatable bonds is 9. The van der Waals surface area contributed by atoms with Crippen LogP contribution in [0.5, 0.6) is 0 Å². The lowest BCUT2D eigenvalue weighted by Gasteiger charge is -2.28. The topological polar surface area (TPSA) is 101 Å². The van der Waals surface area contributed by atoms with Crippen LogP contribution >= 0.6 is 0 Å². The zero-order valence-electron chi connectivity index (χ0n) is 14.0. The Bertz CT molecular complexity index is 464. The molecule has 0 atom stereocenters. The van der Waals surface area contributed by atoms with E-state index in [4.69, 9.17) is 5.11 Å². The van der Waals surface area contributed by atoms with Gasteiger partial charge in [0.15, 0.2) is 0 Å². The summed E-state index contributed by atoms with van der Waals surface area (Å²) in [5.41, 5.74) is -0.222. The lowest BCUT2D eigenvalue weighted by atomic mass is 9.96. The molecular weight excluding hydrogens is 302 g/mol. The lowest BCUT2D eigenvalue weighted by Crippen LogP contribution is -2.41. The van der Waals surface area contributed by atoms with Gasteiger partial charge < -0.3 is 14.7 Å². The summed E-state index contributed by atoms with van der Waals surface area (Å²) < 4.78 is 4.64. The number of nitrogens with zero attached hydrogens (tertiary/aromatic N) is 1. The first-order valence-corrected chi connectivity index (χ1v) is 7.42. The van der Waals surface area contributed by atoms with Crippen molar-refractivity contribution < 1.29 is 29.0 Å². The first-order valence-electron chi connectivity index (χ1n) is 7.42. The zero-order chi connectivity index (χ0) is 18.0. The minimum Gasteiger partial charge on any atom is -0.481 e. The number of esters is 2. The first-order chi connectivity index (χ1) is 10.5. The van der Waals surface area contributed by atoms with Gasteiger partial charge in [-0.05, 0) is 24.3 Å². The molecule has 7 heteroatoms. The smallest absolute Gasteiger partial charge is 0.333 e. The second-order valence-corrected chi connectivity index (χ2v) is 6.41. The largest absolute Gasteiger partial charge is 0.481 e. The summed E-state index contributed by atoms with van der Waals surface area (Å²) in [7, 11) is 0. The molecule has 0 bridgehead atoms. The van der Waals surface area contributed by atoms with E-state index >= 15 is 0 Å². The van der Waals surface area contributed by atoms with Crippen LogP contribution in [-0.4, -0.2) is 46.9 Å². The van der Waals surface area contributed by atoms with Crippen LogP contribution < -0.4 is 0 Å². The summed E-state index contributed by atoms with van der Waals surface area (Å²) >= 11 is 0. The predicted octanol–water partition coefficient (Wildman–Crippen LogP) is 1.76. The Labute approximate surface area is 136 Å². The Kier molecular flexibility index (Phi) is 8.83. The molecule has 0 rings (SSSR count). The number of carbonyl (C=O) groups excluding carboxylic acids is 3. The molecule has 0 saturated heterocycles. The third-order valence-corrected chi connectivity index (χ3v) is 2.72. The molecule has 0 aromatic carbocycles. The molecule has 7 nitrogen and oxygen atoms in total. The second kappa shape index (κ2) is 9.76. The Morgan fingerprint density at radius 1 is 1.09 bits per heavy atom. The van der Waals surface area contributed by atoms with E-state index in [-0.39, 0.29) is 24.8 Å². The standard InChI is InChI=1S/C16H25NO6/c1-5-12(18)17(11-16(2,3)4)10-15(22)23-14(21)9-7-6-8-13(19)20/h5H,1,6-11H2,2-4H3,(H,19,20). The molecule has 0 aromatic rings. The van der Waals surface area contributed by atoms with E-state index in [1.54, 1.807) is 0 Å². The van der Waals surface area contributed by atoms with Crippen molar-refractivity contribution in [2.24, 2.45) is 5.41 Å². The van der Waals surface area contributed by atoms with Crippen molar-refractivity contribution in [3.8, 4) is 0 Å². The van der Waals surface area contributed by atoms with Gasteiger partial charge in [0.2, 0.25) is 5.91 Å². The van der Waals surface area contributed by atoms with E-state index in [9.17, 15) is 19.2 Å². The van der Waals surface area contributed by atoms with Crippen LogP contribution in [0, 0.1) is 5.41 Å². The predicted molar refractivity (Wildman–Crippen MR) is 83.4 cm³/mol. The molecule has 0 aliphatic carbocycles. The zero-order valence-corrected chi connectivity index (χ0v) is 14.0. The average molecular weight is 327 g/mol. The maximum absolute atomic E-state index is 11.7. The van der Waals surface area contributed by atoms with E-state index in [0.29, 0.717) is 19.4 Å². The summed E-state index contributed by atoms with van der Waals surface area (Å²) in [6.07, 6.45) is 1.70. The summed E-state index contributed by atoms with van der Waals surface area (Å²) in [6, 6.07) is 0. The Balaban J connectivity index is 4.35. The molecule has 0 spiro atoms. The second-order valence-electron chi connectivity index (χ2n) is 6.41. The highest BCUT2D eigenvalue weighted by atomic mass is 16.6. The molecule has 0 radical (unpaired) electrons. The van der Waals surface area contributed by atoms with Crippen LogP contribution in [0.25, 0.3) is 0 Å². The molecule has 0 heterocycles. The highest BCUT2D eigenvalue weighted by Crippen LogP contribution is 2.15. The highest BCUT2D eigenvalue weighted by Gasteiger charge is 2.23. The number of carboxylic acids is 1. The van der Waals surface area contributed by atoms with Crippen LogP contribution in [-0.2, 0) is 23.9 Å². The minimum atomic E-state index is -0.935. The van der Waals surface area contributed by atoms with Crippen molar-refractivity contribution in [2.75, 3.05) is 13.1 Å². The van der Waals surface area contributed by atoms with Crippen molar-refractivity contribution in [3.05, 3.63) is 12.7 Å². The monoisotopic (exact) mass is 327 g/mol. The van der Waals surface area contributed by atoms with Crippen molar-refractivity contribution in [3.63, 3.8) is 0 Å². The molecule has 0 unspecified atom stereocenters. The lowest BCUT2D eigenvalue weighted by molar-refractivity contribution is -0.162. The highest BCUT2D eigenvalue weighted by molar-refractivity contribution is 5.92. The number of carboxylic acid groups (broad SMARTS) is 1. The quantitative estimate of drug-likeness (QED) is 0.300. The van der Waals surface area contributed by atoms with E-state index in [2.05, 4.69) is 11.3 Å². The fraction of sp³-hybridized carbons (Fsp3) is 0.625. The number of aliphatic carboxylic acids is 1. The summed E-state index contributed by atoms with van der Waals surface area (Å²) in [5, 5.41) is 8.48. The molecule has 130 valence electrons. The van der Waals surface area contributed by atoms with Crippen LogP contribution in [0.1, 0.15) is 46.5 Å². The fourth-order valence-corrected chi connectivity index (χ4v) is 1.83. The fourth-order valence-electron chi connectivity index (χ4n) is 1.83. The number of hydrogen-bond acceptors (Lipinski definition) is 5. The van der Waals surface area contributed by atoms with E-state index < -0.39 is 23.8 Å². The minimum absolute atomic E-state index is 0.0333. The van der Waals surface area contributed by atoms with Crippen LogP contribution in [0.4, 0.5) is 0 Å². The molecule has 1 N–H and O–H groups in total. The van der Waals surface area contributed by atoms with Crippen molar-refractivity contribution >= 4 is 23.8 Å². The third kappa shape index (κ3) is 11.1. The van der Waals surface area contributed by atoms with Gasteiger partial charge in [-0.3, -0.25) is 14.4 Å². The van der Waals surface area contributed by atoms with Crippen molar-refractivity contribution in [2.45, 2.75) is 46.5 Å². The van der Waals surface area contributed by atoms with Gasteiger partial charge in [0.1, 0.15) is 6.54 Å². The van der Waals surface area contributed by atoms with Gasteiger partial charge in [0, 0.05) is 19.4 Å². The van der Waals surface area contributed by atoms with Gasteiger partial charge in [-0.1, -0.05) is 27.4 Å². The normalized spacial score (nSPS) is 10.7. The molecule has 0 saturated carbocycles. The first kappa shape index (κ1) is 20.8. The average Bonchev–Trinajstić information content (AvgIpc) is 2.40. The van der Waals surface area contributed by atoms with Gasteiger partial charge in [0.25, 0.3) is 0 Å². The van der Waals surface area contributed by atoms with Crippen molar-refractivity contribution in [1.29, 1.82) is 0 Å². The van der Waals surface area contributed by atoms with E-state index in [0.717, 1.165) is 6.08 Å². The Hall–Kier alpha value is -2.18. The van der Waals surface area contributed by atoms with Gasteiger partial charge >= 0.3 is 17.9 Å². The number of hydrogen-bond donors (Lipinski definition) is 1. The third-order valence-electron chi connectivity index (χ3n) is 2.72. The van der Waals surface area contributed by atoms with E-state index in [1.165, 1.54) is 4.90 Å². The molecule has 1 amide bonds. The van der Waals surface area contributed by atoms with Gasteiger partial charge in [-0.2, -0.15) is 0 Å². The Morgan fingerprint density at radius 3 is 2.13 bits per heavy atom. The van der Waals surface area contributed by atoms with Crippen LogP contribution in [0.15, 0.2) is 12.7 Å². The number of unbranched alkanes of at least 4 members (excludes halogenated alkanes) is 1. The summed E-state index contributed by atoms with van der Waals surface area (Å²) in [6.45, 7) is 9.11. The molecular formula is C16H25NO6. The maximum atomic E-state index is 11.7. The van der Waals surface area contributed by atoms with Gasteiger partial charge in [-0.15, -0.1) is 0 Å². The number of amides is 1. The van der Waals surface area contributed by atoms with Gasteiger partial charge in [0.05, 0.1) is 0 Å². The summed E-state index contributed by atoms with van der Waals surface area (Å²) in [5.74, 6) is -2.88. The molecule has 23 heavy (non-hydrogen) atoms. The molecule has 0 aliphatic heterocycles. The molecule has 0 aromatic heterocycles. The molecule has 0 aliphatic rings. The number of ether oxygens (including phenoxy) is 1. The van der Waals surface area contributed by atoms with Gasteiger partial charge in [-0.25, -0.2) is 4.79 Å².